The first-order chi connectivity index (χ1) is 15.4. The maximum Gasteiger partial charge on any atom is 0.417 e. The van der Waals surface area contributed by atoms with E-state index >= 15 is 0 Å². The Morgan fingerprint density at radius 1 is 1.15 bits per heavy atom. The smallest absolute Gasteiger partial charge is 0.411 e. The Morgan fingerprint density at radius 3 is 2.26 bits per heavy atom. The molecule has 10 heteroatoms. The van der Waals surface area contributed by atoms with Crippen molar-refractivity contribution in [2.75, 3.05) is 4.90 Å². The highest BCUT2D eigenvalue weighted by Gasteiger charge is 2.76. The molecule has 184 valence electrons. The molecule has 0 saturated carbocycles. The molecular weight excluding hydrogens is 465 g/mol. The second-order valence-electron chi connectivity index (χ2n) is 11.5. The van der Waals surface area contributed by atoms with Crippen LogP contribution in [0.15, 0.2) is 18.2 Å². The molecule has 2 bridgehead atoms. The lowest BCUT2D eigenvalue weighted by Crippen LogP contribution is -2.55. The number of alkyl halides is 3. The van der Waals surface area contributed by atoms with E-state index in [2.05, 4.69) is 33.9 Å². The predicted molar refractivity (Wildman–Crippen MR) is 120 cm³/mol. The number of rotatable bonds is 3. The van der Waals surface area contributed by atoms with Gasteiger partial charge >= 0.3 is 6.18 Å². The number of ether oxygens (including phenoxy) is 1. The van der Waals surface area contributed by atoms with Gasteiger partial charge in [-0.3, -0.25) is 9.59 Å². The van der Waals surface area contributed by atoms with Crippen molar-refractivity contribution >= 4 is 25.8 Å². The quantitative estimate of drug-likeness (QED) is 0.435. The van der Waals surface area contributed by atoms with Gasteiger partial charge in [-0.1, -0.05) is 20.8 Å². The Balaban J connectivity index is 1.73. The Morgan fingerprint density at radius 2 is 1.74 bits per heavy atom. The minimum absolute atomic E-state index is 0.0798. The Bertz CT molecular complexity index is 1120. The van der Waals surface area contributed by atoms with E-state index in [9.17, 15) is 22.8 Å². The monoisotopic (exact) mass is 494 g/mol. The van der Waals surface area contributed by atoms with Gasteiger partial charge in [0.15, 0.2) is 8.32 Å². The van der Waals surface area contributed by atoms with E-state index in [1.165, 1.54) is 12.1 Å². The van der Waals surface area contributed by atoms with Crippen LogP contribution in [-0.2, 0) is 24.9 Å². The number of anilines is 1. The highest BCUT2D eigenvalue weighted by Crippen LogP contribution is 2.62. The van der Waals surface area contributed by atoms with Gasteiger partial charge in [-0.05, 0) is 50.2 Å². The van der Waals surface area contributed by atoms with Crippen molar-refractivity contribution in [1.82, 2.24) is 0 Å². The number of carbonyl (C=O) groups is 2. The first kappa shape index (κ1) is 24.9. The summed E-state index contributed by atoms with van der Waals surface area (Å²) in [4.78, 5) is 27.9. The van der Waals surface area contributed by atoms with Gasteiger partial charge in [-0.15, -0.1) is 0 Å². The molecule has 3 aliphatic heterocycles. The maximum atomic E-state index is 13.6. The van der Waals surface area contributed by atoms with Gasteiger partial charge in [0.25, 0.3) is 0 Å². The summed E-state index contributed by atoms with van der Waals surface area (Å²) in [6, 6.07) is 4.42. The second kappa shape index (κ2) is 7.15. The minimum atomic E-state index is -4.80. The van der Waals surface area contributed by atoms with Crippen LogP contribution in [0, 0.1) is 23.2 Å². The number of hydrogen-bond donors (Lipinski definition) is 0. The molecule has 6 nitrogen and oxygen atoms in total. The third-order valence-electron chi connectivity index (χ3n) is 8.19. The number of hydrogen-bond acceptors (Lipinski definition) is 5. The summed E-state index contributed by atoms with van der Waals surface area (Å²) in [6.45, 7) is 14.1. The molecule has 1 aromatic carbocycles. The zero-order chi connectivity index (χ0) is 25.6. The minimum Gasteiger partial charge on any atom is -0.411 e. The van der Waals surface area contributed by atoms with E-state index < -0.39 is 66.6 Å². The van der Waals surface area contributed by atoms with Crippen LogP contribution in [0.3, 0.4) is 0 Å². The number of imide groups is 1. The molecule has 3 aliphatic rings. The summed E-state index contributed by atoms with van der Waals surface area (Å²) in [5, 5.41) is 8.99. The number of nitriles is 1. The van der Waals surface area contributed by atoms with Crippen molar-refractivity contribution in [2.45, 2.75) is 82.7 Å². The zero-order valence-corrected chi connectivity index (χ0v) is 21.3. The topological polar surface area (TPSA) is 79.6 Å². The fourth-order valence-corrected chi connectivity index (χ4v) is 6.83. The summed E-state index contributed by atoms with van der Waals surface area (Å²) in [7, 11) is -2.24. The highest BCUT2D eigenvalue weighted by atomic mass is 28.4. The number of benzene rings is 1. The van der Waals surface area contributed by atoms with Gasteiger partial charge in [0.2, 0.25) is 11.8 Å². The lowest BCUT2D eigenvalue weighted by Gasteiger charge is -2.44. The molecule has 0 aliphatic carbocycles. The van der Waals surface area contributed by atoms with Crippen molar-refractivity contribution in [3.05, 3.63) is 29.3 Å². The number of halogens is 3. The van der Waals surface area contributed by atoms with Crippen LogP contribution in [0.4, 0.5) is 18.9 Å². The van der Waals surface area contributed by atoms with E-state index in [1.807, 2.05) is 0 Å². The summed E-state index contributed by atoms with van der Waals surface area (Å²) in [5.74, 6) is -2.85. The summed E-state index contributed by atoms with van der Waals surface area (Å²) >= 11 is 0. The average Bonchev–Trinajstić information content (AvgIpc) is 3.20. The fourth-order valence-electron chi connectivity index (χ4n) is 5.45. The molecule has 2 amide bonds. The van der Waals surface area contributed by atoms with Gasteiger partial charge < -0.3 is 9.16 Å². The number of nitrogens with zero attached hydrogens (tertiary/aromatic N) is 2. The van der Waals surface area contributed by atoms with E-state index in [0.29, 0.717) is 12.5 Å². The van der Waals surface area contributed by atoms with Gasteiger partial charge in [0.05, 0.1) is 46.4 Å². The molecule has 3 fully saturated rings. The van der Waals surface area contributed by atoms with Crippen molar-refractivity contribution in [2.24, 2.45) is 11.8 Å². The maximum absolute atomic E-state index is 13.6. The summed E-state index contributed by atoms with van der Waals surface area (Å²) in [6.07, 6.45) is -4.79. The Kier molecular flexibility index (Phi) is 5.23. The molecule has 5 atom stereocenters. The number of carbonyl (C=O) groups excluding carboxylic acids is 2. The SMILES string of the molecule is CC12C[C@@H](O[Si](C)(C)C(C)(C)C)C(C)(O1)[C@H]1C(=O)N(c3ccc(C#N)c(C(F)(F)F)c3)C(=O)[C@H]12. The molecule has 1 aromatic rings. The van der Waals surface area contributed by atoms with E-state index in [0.717, 1.165) is 11.0 Å². The largest absolute Gasteiger partial charge is 0.417 e. The lowest BCUT2D eigenvalue weighted by atomic mass is 9.67. The van der Waals surface area contributed by atoms with E-state index in [4.69, 9.17) is 14.4 Å². The molecule has 2 unspecified atom stereocenters. The first-order valence-electron chi connectivity index (χ1n) is 11.2. The molecule has 34 heavy (non-hydrogen) atoms. The van der Waals surface area contributed by atoms with Crippen LogP contribution >= 0.6 is 0 Å². The van der Waals surface area contributed by atoms with Crippen LogP contribution in [0.5, 0.6) is 0 Å². The van der Waals surface area contributed by atoms with Crippen LogP contribution in [0.1, 0.15) is 52.2 Å². The van der Waals surface area contributed by atoms with Crippen LogP contribution in [0.25, 0.3) is 0 Å². The third-order valence-corrected chi connectivity index (χ3v) is 12.7. The van der Waals surface area contributed by atoms with Gasteiger partial charge in [-0.25, -0.2) is 4.90 Å². The van der Waals surface area contributed by atoms with Gasteiger partial charge in [0.1, 0.15) is 5.60 Å². The molecule has 4 rings (SSSR count). The van der Waals surface area contributed by atoms with Crippen molar-refractivity contribution in [3.8, 4) is 6.07 Å². The van der Waals surface area contributed by atoms with Crippen LogP contribution in [0.2, 0.25) is 18.1 Å². The van der Waals surface area contributed by atoms with E-state index in [-0.39, 0.29) is 10.7 Å². The second-order valence-corrected chi connectivity index (χ2v) is 16.2. The Labute approximate surface area is 198 Å². The third kappa shape index (κ3) is 3.35. The zero-order valence-electron chi connectivity index (χ0n) is 20.3. The number of fused-ring (bicyclic) bond motifs is 5. The van der Waals surface area contributed by atoms with Crippen LogP contribution in [-0.4, -0.2) is 37.4 Å². The highest BCUT2D eigenvalue weighted by molar-refractivity contribution is 6.74. The molecule has 3 saturated heterocycles. The van der Waals surface area contributed by atoms with E-state index in [1.54, 1.807) is 13.8 Å². The van der Waals surface area contributed by atoms with Crippen LogP contribution < -0.4 is 4.90 Å². The normalized spacial score (nSPS) is 33.4. The summed E-state index contributed by atoms with van der Waals surface area (Å²) in [5.41, 5.74) is -3.98. The Hall–Kier alpha value is -2.22. The molecule has 0 N–H and O–H groups in total. The standard InChI is InChI=1S/C24H29F3N2O4Si/c1-21(2,3)34(6,7)32-16-11-22(4)17-18(23(16,5)33-22)20(31)29(19(17)30)14-9-8-13(12-28)15(10-14)24(25,26)27/h8-10,16-18H,11H2,1-7H3/t16-,17+,18-,22?,23?/m1/s1. The molecule has 0 aromatic heterocycles. The van der Waals surface area contributed by atoms with Gasteiger partial charge in [-0.2, -0.15) is 18.4 Å². The predicted octanol–water partition coefficient (Wildman–Crippen LogP) is 5.02. The van der Waals surface area contributed by atoms with Crippen molar-refractivity contribution in [3.63, 3.8) is 0 Å². The molecule has 0 radical (unpaired) electrons. The molecule has 3 heterocycles. The molecular formula is C24H29F3N2O4Si. The van der Waals surface area contributed by atoms with Crippen molar-refractivity contribution < 1.29 is 31.9 Å². The first-order valence-corrected chi connectivity index (χ1v) is 14.2. The van der Waals surface area contributed by atoms with Gasteiger partial charge in [0, 0.05) is 6.42 Å². The fraction of sp³-hybridized carbons (Fsp3) is 0.625. The van der Waals surface area contributed by atoms with Crippen molar-refractivity contribution in [1.29, 1.82) is 5.26 Å². The lowest BCUT2D eigenvalue weighted by molar-refractivity contribution is -0.138. The molecule has 0 spiro atoms. The number of amides is 2. The summed E-state index contributed by atoms with van der Waals surface area (Å²) < 4.78 is 53.5. The average molecular weight is 495 g/mol.